The van der Waals surface area contributed by atoms with Crippen LogP contribution in [0.1, 0.15) is 151 Å². The fourth-order valence-electron chi connectivity index (χ4n) is 6.02. The van der Waals surface area contributed by atoms with Crippen LogP contribution in [0.3, 0.4) is 0 Å². The molecule has 4 atom stereocenters. The number of unbranched alkanes of at least 4 members (excludes halogenated alkanes) is 10. The molecule has 38 heavy (non-hydrogen) atoms. The maximum Gasteiger partial charge on any atom is 0.342 e. The summed E-state index contributed by atoms with van der Waals surface area (Å²) in [4.78, 5) is 13.5. The lowest BCUT2D eigenvalue weighted by Gasteiger charge is -2.45. The summed E-state index contributed by atoms with van der Waals surface area (Å²) in [6.45, 7) is 19.6. The maximum absolute atomic E-state index is 13.5. The van der Waals surface area contributed by atoms with E-state index in [1.54, 1.807) is 19.1 Å². The molecule has 1 aromatic rings. The molecule has 0 bridgehead atoms. The molecule has 0 radical (unpaired) electrons. The van der Waals surface area contributed by atoms with Crippen LogP contribution in [0.15, 0.2) is 30.3 Å². The minimum atomic E-state index is -1.67. The average Bonchev–Trinajstić information content (AvgIpc) is 2.83. The van der Waals surface area contributed by atoms with Gasteiger partial charge in [-0.2, -0.15) is 0 Å². The number of esters is 1. The Morgan fingerprint density at radius 2 is 1.16 bits per heavy atom. The molecule has 0 heterocycles. The standard InChI is InChI=1S/C35H62O3/c1-10-12-13-14-15-16-17-18-19-20-24-27-30(34(6,7)8)31(29(11-2)33(3,4)5)38-32(36)35(9,37)28-25-22-21-23-26-28/h21-23,25-26,29-31,37H,10-20,24,27H2,1-9H3. The van der Waals surface area contributed by atoms with E-state index in [9.17, 15) is 9.90 Å². The lowest BCUT2D eigenvalue weighted by Crippen LogP contribution is -2.47. The monoisotopic (exact) mass is 530 g/mol. The number of ether oxygens (including phenoxy) is 1. The van der Waals surface area contributed by atoms with Crippen LogP contribution in [0, 0.1) is 22.7 Å². The van der Waals surface area contributed by atoms with E-state index >= 15 is 0 Å². The van der Waals surface area contributed by atoms with Crippen molar-refractivity contribution in [1.29, 1.82) is 0 Å². The van der Waals surface area contributed by atoms with Gasteiger partial charge in [0, 0.05) is 11.8 Å². The third-order valence-electron chi connectivity index (χ3n) is 8.55. The van der Waals surface area contributed by atoms with Crippen molar-refractivity contribution in [2.45, 2.75) is 157 Å². The van der Waals surface area contributed by atoms with Crippen molar-refractivity contribution in [2.24, 2.45) is 22.7 Å². The summed E-state index contributed by atoms with van der Waals surface area (Å²) >= 11 is 0. The molecular weight excluding hydrogens is 468 g/mol. The molecule has 0 aliphatic rings. The fraction of sp³-hybridized carbons (Fsp3) is 0.800. The van der Waals surface area contributed by atoms with Crippen molar-refractivity contribution in [3.63, 3.8) is 0 Å². The van der Waals surface area contributed by atoms with Gasteiger partial charge in [-0.25, -0.2) is 4.79 Å². The highest BCUT2D eigenvalue weighted by Gasteiger charge is 2.45. The van der Waals surface area contributed by atoms with Gasteiger partial charge in [0.2, 0.25) is 0 Å². The predicted octanol–water partition coefficient (Wildman–Crippen LogP) is 10.2. The van der Waals surface area contributed by atoms with Crippen LogP contribution in [0.4, 0.5) is 0 Å². The zero-order valence-electron chi connectivity index (χ0n) is 26.6. The van der Waals surface area contributed by atoms with Crippen molar-refractivity contribution in [3.8, 4) is 0 Å². The molecule has 1 N–H and O–H groups in total. The molecule has 0 aliphatic heterocycles. The normalized spacial score (nSPS) is 16.5. The van der Waals surface area contributed by atoms with Gasteiger partial charge in [0.15, 0.2) is 5.60 Å². The van der Waals surface area contributed by atoms with Crippen LogP contribution in [0.2, 0.25) is 0 Å². The Morgan fingerprint density at radius 1 is 0.711 bits per heavy atom. The molecule has 1 aromatic carbocycles. The van der Waals surface area contributed by atoms with Crippen LogP contribution in [0.25, 0.3) is 0 Å². The first-order valence-corrected chi connectivity index (χ1v) is 15.8. The van der Waals surface area contributed by atoms with Gasteiger partial charge >= 0.3 is 5.97 Å². The maximum atomic E-state index is 13.5. The molecule has 0 aromatic heterocycles. The van der Waals surface area contributed by atoms with E-state index < -0.39 is 11.6 Å². The Kier molecular flexibility index (Phi) is 15.2. The Balaban J connectivity index is 2.90. The summed E-state index contributed by atoms with van der Waals surface area (Å²) in [7, 11) is 0. The van der Waals surface area contributed by atoms with Gasteiger partial charge in [-0.05, 0) is 36.2 Å². The van der Waals surface area contributed by atoms with Gasteiger partial charge in [-0.3, -0.25) is 0 Å². The Hall–Kier alpha value is -1.35. The SMILES string of the molecule is CCCCCCCCCCCCCC(C(OC(=O)C(C)(O)c1ccccc1)C(CC)C(C)(C)C)C(C)(C)C. The Labute approximate surface area is 236 Å². The van der Waals surface area contributed by atoms with Crippen molar-refractivity contribution in [2.75, 3.05) is 0 Å². The van der Waals surface area contributed by atoms with E-state index in [0.717, 1.165) is 19.3 Å². The second kappa shape index (κ2) is 16.7. The quantitative estimate of drug-likeness (QED) is 0.152. The second-order valence-electron chi connectivity index (χ2n) is 14.0. The van der Waals surface area contributed by atoms with Crippen LogP contribution in [-0.4, -0.2) is 17.2 Å². The summed E-state index contributed by atoms with van der Waals surface area (Å²) in [5, 5.41) is 11.2. The number of hydrogen-bond donors (Lipinski definition) is 1. The van der Waals surface area contributed by atoms with Gasteiger partial charge in [0.25, 0.3) is 0 Å². The highest BCUT2D eigenvalue weighted by molar-refractivity contribution is 5.80. The molecule has 0 fully saturated rings. The minimum Gasteiger partial charge on any atom is -0.459 e. The number of benzene rings is 1. The summed E-state index contributed by atoms with van der Waals surface area (Å²) in [6, 6.07) is 9.18. The van der Waals surface area contributed by atoms with Gasteiger partial charge in [0.05, 0.1) is 0 Å². The van der Waals surface area contributed by atoms with Crippen molar-refractivity contribution in [3.05, 3.63) is 35.9 Å². The van der Waals surface area contributed by atoms with E-state index in [2.05, 4.69) is 55.4 Å². The summed E-state index contributed by atoms with van der Waals surface area (Å²) < 4.78 is 6.40. The first-order chi connectivity index (χ1) is 17.8. The van der Waals surface area contributed by atoms with Gasteiger partial charge in [-0.15, -0.1) is 0 Å². The van der Waals surface area contributed by atoms with Crippen LogP contribution in [-0.2, 0) is 15.1 Å². The molecule has 220 valence electrons. The number of carbonyl (C=O) groups excluding carboxylic acids is 1. The van der Waals surface area contributed by atoms with E-state index in [-0.39, 0.29) is 28.8 Å². The predicted molar refractivity (Wildman–Crippen MR) is 163 cm³/mol. The van der Waals surface area contributed by atoms with E-state index in [4.69, 9.17) is 4.74 Å². The van der Waals surface area contributed by atoms with E-state index in [0.29, 0.717) is 5.56 Å². The summed E-state index contributed by atoms with van der Waals surface area (Å²) in [5.41, 5.74) is -1.13. The molecular formula is C35H62O3. The van der Waals surface area contributed by atoms with Gasteiger partial charge < -0.3 is 9.84 Å². The molecule has 0 aliphatic carbocycles. The smallest absolute Gasteiger partial charge is 0.342 e. The van der Waals surface area contributed by atoms with E-state index in [1.807, 2.05) is 18.2 Å². The lowest BCUT2D eigenvalue weighted by atomic mass is 9.65. The number of carbonyl (C=O) groups is 1. The summed E-state index contributed by atoms with van der Waals surface area (Å²) in [5.74, 6) is -0.111. The number of aliphatic hydroxyl groups is 1. The van der Waals surface area contributed by atoms with Crippen molar-refractivity contribution >= 4 is 5.97 Å². The molecule has 0 saturated carbocycles. The topological polar surface area (TPSA) is 46.5 Å². The third kappa shape index (κ3) is 11.8. The number of hydrogen-bond acceptors (Lipinski definition) is 3. The Bertz CT molecular complexity index is 754. The van der Waals surface area contributed by atoms with Gasteiger partial charge in [-0.1, -0.05) is 156 Å². The van der Waals surface area contributed by atoms with Crippen LogP contribution < -0.4 is 0 Å². The average molecular weight is 531 g/mol. The van der Waals surface area contributed by atoms with Gasteiger partial charge in [0.1, 0.15) is 6.10 Å². The summed E-state index contributed by atoms with van der Waals surface area (Å²) in [6.07, 6.45) is 16.3. The molecule has 1 rings (SSSR count). The van der Waals surface area contributed by atoms with Crippen LogP contribution >= 0.6 is 0 Å². The van der Waals surface area contributed by atoms with Crippen LogP contribution in [0.5, 0.6) is 0 Å². The molecule has 3 nitrogen and oxygen atoms in total. The molecule has 4 unspecified atom stereocenters. The molecule has 0 spiro atoms. The highest BCUT2D eigenvalue weighted by atomic mass is 16.6. The Morgan fingerprint density at radius 3 is 1.58 bits per heavy atom. The third-order valence-corrected chi connectivity index (χ3v) is 8.55. The zero-order valence-corrected chi connectivity index (χ0v) is 26.6. The minimum absolute atomic E-state index is 0.0132. The first-order valence-electron chi connectivity index (χ1n) is 15.8. The molecule has 0 amide bonds. The van der Waals surface area contributed by atoms with E-state index in [1.165, 1.54) is 64.2 Å². The lowest BCUT2D eigenvalue weighted by molar-refractivity contribution is -0.183. The molecule has 3 heteroatoms. The second-order valence-corrected chi connectivity index (χ2v) is 14.0. The molecule has 0 saturated heterocycles. The fourth-order valence-corrected chi connectivity index (χ4v) is 6.02. The zero-order chi connectivity index (χ0) is 28.8. The first kappa shape index (κ1) is 34.7. The largest absolute Gasteiger partial charge is 0.459 e. The van der Waals surface area contributed by atoms with Crippen molar-refractivity contribution in [1.82, 2.24) is 0 Å². The van der Waals surface area contributed by atoms with Crippen molar-refractivity contribution < 1.29 is 14.6 Å². The highest BCUT2D eigenvalue weighted by Crippen LogP contribution is 2.44. The number of rotatable bonds is 18.